The Bertz CT molecular complexity index is 917. The minimum atomic E-state index is -0.363. The number of fused-ring (bicyclic) bond motifs is 1. The largest absolute Gasteiger partial charge is 0.449 e. The topological polar surface area (TPSA) is 84.7 Å². The molecule has 1 aliphatic rings. The van der Waals surface area contributed by atoms with Gasteiger partial charge >= 0.3 is 0 Å². The van der Waals surface area contributed by atoms with Crippen molar-refractivity contribution in [2.45, 2.75) is 20.8 Å². The number of carbonyl (C=O) groups is 2. The van der Waals surface area contributed by atoms with E-state index in [1.54, 1.807) is 24.3 Å². The number of rotatable bonds is 5. The number of ether oxygens (including phenoxy) is 1. The van der Waals surface area contributed by atoms with Gasteiger partial charge in [-0.25, -0.2) is 0 Å². The summed E-state index contributed by atoms with van der Waals surface area (Å²) in [5.74, 6) is 0.348. The number of hydrogen-bond acceptors (Lipinski definition) is 4. The second kappa shape index (κ2) is 8.17. The van der Waals surface area contributed by atoms with Gasteiger partial charge in [0, 0.05) is 18.3 Å². The quantitative estimate of drug-likeness (QED) is 0.617. The van der Waals surface area contributed by atoms with E-state index in [2.05, 4.69) is 5.32 Å². The molecule has 146 valence electrons. The summed E-state index contributed by atoms with van der Waals surface area (Å²) in [5, 5.41) is 2.85. The lowest BCUT2D eigenvalue weighted by Crippen LogP contribution is -2.44. The third-order valence-corrected chi connectivity index (χ3v) is 4.33. The van der Waals surface area contributed by atoms with Crippen LogP contribution in [-0.4, -0.2) is 24.9 Å². The lowest BCUT2D eigenvalue weighted by molar-refractivity contribution is -0.123. The number of aryl methyl sites for hydroxylation is 1. The van der Waals surface area contributed by atoms with Crippen molar-refractivity contribution in [1.82, 2.24) is 5.32 Å². The Kier molecular flexibility index (Phi) is 5.68. The first-order valence-electron chi connectivity index (χ1n) is 9.28. The van der Waals surface area contributed by atoms with E-state index < -0.39 is 0 Å². The van der Waals surface area contributed by atoms with E-state index in [4.69, 9.17) is 10.5 Å². The lowest BCUT2D eigenvalue weighted by atomic mass is 10.1. The van der Waals surface area contributed by atoms with Crippen LogP contribution in [0.2, 0.25) is 0 Å². The third kappa shape index (κ3) is 4.52. The predicted molar refractivity (Wildman–Crippen MR) is 111 cm³/mol. The summed E-state index contributed by atoms with van der Waals surface area (Å²) in [6.45, 7) is 6.49. The van der Waals surface area contributed by atoms with Crippen LogP contribution in [0.1, 0.15) is 25.0 Å². The second-order valence-corrected chi connectivity index (χ2v) is 7.34. The molecular weight excluding hydrogens is 354 g/mol. The van der Waals surface area contributed by atoms with Gasteiger partial charge in [-0.15, -0.1) is 0 Å². The first-order chi connectivity index (χ1) is 13.3. The average molecular weight is 379 g/mol. The van der Waals surface area contributed by atoms with E-state index in [0.29, 0.717) is 29.6 Å². The molecular formula is C22H25N3O3. The molecule has 0 radical (unpaired) electrons. The van der Waals surface area contributed by atoms with Crippen molar-refractivity contribution in [3.8, 4) is 5.75 Å². The van der Waals surface area contributed by atoms with Crippen molar-refractivity contribution >= 4 is 29.3 Å². The first kappa shape index (κ1) is 19.5. The zero-order valence-electron chi connectivity index (χ0n) is 16.4. The maximum Gasteiger partial charge on any atom is 0.294 e. The number of benzene rings is 2. The highest BCUT2D eigenvalue weighted by Crippen LogP contribution is 2.37. The predicted octanol–water partition coefficient (Wildman–Crippen LogP) is 3.12. The van der Waals surface area contributed by atoms with Crippen molar-refractivity contribution in [2.75, 3.05) is 23.7 Å². The molecule has 0 aliphatic carbocycles. The van der Waals surface area contributed by atoms with Gasteiger partial charge in [-0.05, 0) is 36.6 Å². The van der Waals surface area contributed by atoms with Gasteiger partial charge in [-0.3, -0.25) is 14.5 Å². The van der Waals surface area contributed by atoms with E-state index in [9.17, 15) is 9.59 Å². The average Bonchev–Trinajstić information content (AvgIpc) is 2.65. The van der Waals surface area contributed by atoms with Crippen LogP contribution in [-0.2, 0) is 9.59 Å². The van der Waals surface area contributed by atoms with E-state index in [1.807, 2.05) is 45.0 Å². The van der Waals surface area contributed by atoms with E-state index in [0.717, 1.165) is 11.1 Å². The van der Waals surface area contributed by atoms with E-state index in [1.165, 1.54) is 4.90 Å². The molecule has 0 saturated heterocycles. The summed E-state index contributed by atoms with van der Waals surface area (Å²) >= 11 is 0. The minimum Gasteiger partial charge on any atom is -0.449 e. The molecule has 2 amide bonds. The summed E-state index contributed by atoms with van der Waals surface area (Å²) in [5.41, 5.74) is 8.89. The lowest BCUT2D eigenvalue weighted by Gasteiger charge is -2.30. The third-order valence-electron chi connectivity index (χ3n) is 4.33. The maximum absolute atomic E-state index is 13.0. The second-order valence-electron chi connectivity index (χ2n) is 7.34. The van der Waals surface area contributed by atoms with Crippen LogP contribution in [0, 0.1) is 12.8 Å². The van der Waals surface area contributed by atoms with Crippen LogP contribution < -0.4 is 20.7 Å². The van der Waals surface area contributed by atoms with E-state index >= 15 is 0 Å². The first-order valence-corrected chi connectivity index (χ1v) is 9.28. The van der Waals surface area contributed by atoms with Crippen LogP contribution in [0.5, 0.6) is 5.75 Å². The molecule has 0 fully saturated rings. The van der Waals surface area contributed by atoms with Gasteiger partial charge in [0.2, 0.25) is 5.91 Å². The molecule has 0 saturated carbocycles. The van der Waals surface area contributed by atoms with Gasteiger partial charge < -0.3 is 15.8 Å². The summed E-state index contributed by atoms with van der Waals surface area (Å²) in [6.07, 6.45) is 1.67. The Labute approximate surface area is 165 Å². The van der Waals surface area contributed by atoms with Gasteiger partial charge in [0.25, 0.3) is 5.91 Å². The fraction of sp³-hybridized carbons (Fsp3) is 0.273. The van der Waals surface area contributed by atoms with Crippen LogP contribution in [0.4, 0.5) is 11.4 Å². The minimum absolute atomic E-state index is 0.0862. The SMILES string of the molecule is Cc1ccc(/C=C2/Oc3cc(N)ccc3N(CC(=O)NCC(C)C)C2=O)cc1. The van der Waals surface area contributed by atoms with Crippen molar-refractivity contribution in [2.24, 2.45) is 5.92 Å². The monoisotopic (exact) mass is 379 g/mol. The standard InChI is InChI=1S/C22H25N3O3/c1-14(2)12-24-21(26)13-25-18-9-8-17(23)11-19(18)28-20(22(25)27)10-16-6-4-15(3)5-7-16/h4-11,14H,12-13,23H2,1-3H3,(H,24,26)/b20-10+. The number of nitrogens with zero attached hydrogens (tertiary/aromatic N) is 1. The zero-order chi connectivity index (χ0) is 20.3. The highest BCUT2D eigenvalue weighted by molar-refractivity contribution is 6.12. The number of hydrogen-bond donors (Lipinski definition) is 2. The van der Waals surface area contributed by atoms with Crippen LogP contribution in [0.3, 0.4) is 0 Å². The molecule has 6 nitrogen and oxygen atoms in total. The summed E-state index contributed by atoms with van der Waals surface area (Å²) in [7, 11) is 0. The Balaban J connectivity index is 1.92. The molecule has 0 bridgehead atoms. The molecule has 0 unspecified atom stereocenters. The molecule has 6 heteroatoms. The van der Waals surface area contributed by atoms with Gasteiger partial charge in [0.05, 0.1) is 5.69 Å². The summed E-state index contributed by atoms with van der Waals surface area (Å²) in [4.78, 5) is 26.8. The van der Waals surface area contributed by atoms with Gasteiger partial charge in [-0.2, -0.15) is 0 Å². The van der Waals surface area contributed by atoms with Gasteiger partial charge in [0.1, 0.15) is 6.54 Å². The number of carbonyl (C=O) groups excluding carboxylic acids is 2. The normalized spacial score (nSPS) is 14.8. The Morgan fingerprint density at radius 2 is 1.93 bits per heavy atom. The molecule has 0 aromatic heterocycles. The van der Waals surface area contributed by atoms with Gasteiger partial charge in [0.15, 0.2) is 11.5 Å². The van der Waals surface area contributed by atoms with Crippen molar-refractivity contribution in [1.29, 1.82) is 0 Å². The van der Waals surface area contributed by atoms with Crippen molar-refractivity contribution < 1.29 is 14.3 Å². The zero-order valence-corrected chi connectivity index (χ0v) is 16.4. The number of amides is 2. The smallest absolute Gasteiger partial charge is 0.294 e. The molecule has 3 N–H and O–H groups in total. The molecule has 3 rings (SSSR count). The molecule has 1 aliphatic heterocycles. The molecule has 2 aromatic carbocycles. The highest BCUT2D eigenvalue weighted by atomic mass is 16.5. The maximum atomic E-state index is 13.0. The summed E-state index contributed by atoms with van der Waals surface area (Å²) in [6, 6.07) is 12.8. The number of nitrogens with one attached hydrogen (secondary N) is 1. The Morgan fingerprint density at radius 1 is 1.21 bits per heavy atom. The van der Waals surface area contributed by atoms with Crippen LogP contribution in [0.15, 0.2) is 48.2 Å². The Morgan fingerprint density at radius 3 is 2.61 bits per heavy atom. The van der Waals surface area contributed by atoms with E-state index in [-0.39, 0.29) is 24.1 Å². The Hall–Kier alpha value is -3.28. The molecule has 0 spiro atoms. The molecule has 28 heavy (non-hydrogen) atoms. The molecule has 1 heterocycles. The summed E-state index contributed by atoms with van der Waals surface area (Å²) < 4.78 is 5.83. The highest BCUT2D eigenvalue weighted by Gasteiger charge is 2.31. The molecule has 2 aromatic rings. The van der Waals surface area contributed by atoms with Crippen molar-refractivity contribution in [3.63, 3.8) is 0 Å². The number of nitrogens with two attached hydrogens (primary N) is 1. The molecule has 0 atom stereocenters. The van der Waals surface area contributed by atoms with Crippen LogP contribution >= 0.6 is 0 Å². The van der Waals surface area contributed by atoms with Gasteiger partial charge in [-0.1, -0.05) is 43.7 Å². The number of nitrogen functional groups attached to an aromatic ring is 1. The fourth-order valence-corrected chi connectivity index (χ4v) is 2.82. The van der Waals surface area contributed by atoms with Crippen molar-refractivity contribution in [3.05, 3.63) is 59.4 Å². The van der Waals surface area contributed by atoms with Crippen LogP contribution in [0.25, 0.3) is 6.08 Å². The fourth-order valence-electron chi connectivity index (χ4n) is 2.82. The number of anilines is 2.